The number of pyridine rings is 1. The van der Waals surface area contributed by atoms with E-state index in [2.05, 4.69) is 9.97 Å². The van der Waals surface area contributed by atoms with Crippen molar-refractivity contribution >= 4 is 21.8 Å². The van der Waals surface area contributed by atoms with Crippen molar-refractivity contribution in [2.45, 2.75) is 16.5 Å². The molecule has 0 amide bonds. The van der Waals surface area contributed by atoms with Gasteiger partial charge in [-0.25, -0.2) is 22.9 Å². The molecule has 4 aromatic rings. The van der Waals surface area contributed by atoms with Crippen LogP contribution in [0.5, 0.6) is 0 Å². The summed E-state index contributed by atoms with van der Waals surface area (Å²) < 4.78 is 36.1. The second-order valence-corrected chi connectivity index (χ2v) is 9.42. The number of rotatable bonds is 7. The summed E-state index contributed by atoms with van der Waals surface area (Å²) in [7, 11) is -3.69. The molecule has 2 aromatic heterocycles. The number of primary sulfonamides is 1. The summed E-state index contributed by atoms with van der Waals surface area (Å²) in [4.78, 5) is 12.5. The molecule has 0 aliphatic carbocycles. The number of aromatic amines is 1. The molecule has 0 radical (unpaired) electrons. The first kappa shape index (κ1) is 21.2. The van der Waals surface area contributed by atoms with E-state index in [-0.39, 0.29) is 10.7 Å². The minimum atomic E-state index is -3.69. The zero-order valence-corrected chi connectivity index (χ0v) is 18.0. The van der Waals surface area contributed by atoms with Crippen LogP contribution in [0.1, 0.15) is 5.56 Å². The van der Waals surface area contributed by atoms with E-state index >= 15 is 0 Å². The largest absolute Gasteiger partial charge is 0.332 e. The Balaban J connectivity index is 1.53. The number of benzene rings is 2. The van der Waals surface area contributed by atoms with Crippen LogP contribution in [0, 0.1) is 5.82 Å². The SMILES string of the molecule is NS(=O)(=O)c1ccc(CCSc2nc(-c3ccccn3)c(-c3ccc(F)cc3)[nH]2)cc1. The number of thioether (sulfide) groups is 1. The monoisotopic (exact) mass is 454 g/mol. The Kier molecular flexibility index (Phi) is 6.17. The Labute approximate surface area is 183 Å². The number of sulfonamides is 1. The highest BCUT2D eigenvalue weighted by Crippen LogP contribution is 2.32. The number of aryl methyl sites for hydroxylation is 1. The van der Waals surface area contributed by atoms with Crippen molar-refractivity contribution < 1.29 is 12.8 Å². The maximum atomic E-state index is 13.4. The molecule has 0 saturated heterocycles. The van der Waals surface area contributed by atoms with Gasteiger partial charge < -0.3 is 4.98 Å². The van der Waals surface area contributed by atoms with Gasteiger partial charge in [0.25, 0.3) is 0 Å². The quantitative estimate of drug-likeness (QED) is 0.406. The smallest absolute Gasteiger partial charge is 0.238 e. The molecule has 2 heterocycles. The third-order valence-corrected chi connectivity index (χ3v) is 6.41. The minimum absolute atomic E-state index is 0.0962. The van der Waals surface area contributed by atoms with Gasteiger partial charge in [-0.1, -0.05) is 30.0 Å². The molecule has 9 heteroatoms. The lowest BCUT2D eigenvalue weighted by Gasteiger charge is -2.02. The molecule has 6 nitrogen and oxygen atoms in total. The highest BCUT2D eigenvalue weighted by atomic mass is 32.2. The number of hydrogen-bond donors (Lipinski definition) is 2. The van der Waals surface area contributed by atoms with Crippen LogP contribution in [-0.2, 0) is 16.4 Å². The lowest BCUT2D eigenvalue weighted by atomic mass is 10.1. The van der Waals surface area contributed by atoms with Crippen LogP contribution in [0.3, 0.4) is 0 Å². The zero-order valence-electron chi connectivity index (χ0n) is 16.3. The van der Waals surface area contributed by atoms with Gasteiger partial charge in [-0.05, 0) is 60.5 Å². The maximum Gasteiger partial charge on any atom is 0.238 e. The number of nitrogens with zero attached hydrogens (tertiary/aromatic N) is 2. The fourth-order valence-electron chi connectivity index (χ4n) is 3.04. The second kappa shape index (κ2) is 9.01. The predicted molar refractivity (Wildman–Crippen MR) is 119 cm³/mol. The molecule has 31 heavy (non-hydrogen) atoms. The van der Waals surface area contributed by atoms with Crippen molar-refractivity contribution in [3.8, 4) is 22.6 Å². The van der Waals surface area contributed by atoms with Gasteiger partial charge in [-0.15, -0.1) is 0 Å². The molecule has 158 valence electrons. The predicted octanol–water partition coefficient (Wildman–Crippen LogP) is 4.26. The van der Waals surface area contributed by atoms with Crippen LogP contribution >= 0.6 is 11.8 Å². The minimum Gasteiger partial charge on any atom is -0.332 e. The van der Waals surface area contributed by atoms with Crippen LogP contribution < -0.4 is 5.14 Å². The van der Waals surface area contributed by atoms with Crippen molar-refractivity contribution in [2.75, 3.05) is 5.75 Å². The van der Waals surface area contributed by atoms with E-state index in [4.69, 9.17) is 10.1 Å². The highest BCUT2D eigenvalue weighted by Gasteiger charge is 2.15. The van der Waals surface area contributed by atoms with E-state index in [0.717, 1.165) is 39.8 Å². The molecule has 0 atom stereocenters. The van der Waals surface area contributed by atoms with Crippen LogP contribution in [0.15, 0.2) is 83.0 Å². The normalized spacial score (nSPS) is 11.5. The first-order valence-electron chi connectivity index (χ1n) is 9.42. The van der Waals surface area contributed by atoms with Gasteiger partial charge in [0.15, 0.2) is 5.16 Å². The van der Waals surface area contributed by atoms with Gasteiger partial charge in [0.2, 0.25) is 10.0 Å². The van der Waals surface area contributed by atoms with Crippen molar-refractivity contribution in [1.82, 2.24) is 15.0 Å². The molecule has 0 aliphatic heterocycles. The fourth-order valence-corrected chi connectivity index (χ4v) is 4.42. The van der Waals surface area contributed by atoms with Gasteiger partial charge >= 0.3 is 0 Å². The van der Waals surface area contributed by atoms with E-state index in [0.29, 0.717) is 5.69 Å². The average Bonchev–Trinajstić information content (AvgIpc) is 3.19. The van der Waals surface area contributed by atoms with Crippen molar-refractivity contribution in [2.24, 2.45) is 5.14 Å². The lowest BCUT2D eigenvalue weighted by molar-refractivity contribution is 0.597. The zero-order chi connectivity index (χ0) is 21.8. The number of nitrogens with one attached hydrogen (secondary N) is 1. The molecular formula is C22H19FN4O2S2. The number of aromatic nitrogens is 3. The Morgan fingerprint density at radius 1 is 1.00 bits per heavy atom. The van der Waals surface area contributed by atoms with Gasteiger partial charge in [0.05, 0.1) is 16.3 Å². The summed E-state index contributed by atoms with van der Waals surface area (Å²) in [5, 5.41) is 5.86. The number of hydrogen-bond acceptors (Lipinski definition) is 5. The Bertz CT molecular complexity index is 1270. The van der Waals surface area contributed by atoms with Crippen LogP contribution in [0.2, 0.25) is 0 Å². The van der Waals surface area contributed by atoms with Crippen molar-refractivity contribution in [3.63, 3.8) is 0 Å². The molecule has 0 bridgehead atoms. The number of halogens is 1. The van der Waals surface area contributed by atoms with Crippen LogP contribution in [-0.4, -0.2) is 29.1 Å². The first-order chi connectivity index (χ1) is 14.9. The molecule has 0 fully saturated rings. The summed E-state index contributed by atoms with van der Waals surface area (Å²) in [5.41, 5.74) is 4.02. The molecule has 0 saturated carbocycles. The summed E-state index contributed by atoms with van der Waals surface area (Å²) in [5.74, 6) is 0.429. The molecule has 0 spiro atoms. The Morgan fingerprint density at radius 3 is 2.39 bits per heavy atom. The number of imidazole rings is 1. The van der Waals surface area contributed by atoms with Gasteiger partial charge in [0.1, 0.15) is 11.5 Å². The summed E-state index contributed by atoms with van der Waals surface area (Å²) in [6.07, 6.45) is 2.43. The first-order valence-corrected chi connectivity index (χ1v) is 12.0. The average molecular weight is 455 g/mol. The topological polar surface area (TPSA) is 102 Å². The van der Waals surface area contributed by atoms with E-state index < -0.39 is 10.0 Å². The number of H-pyrrole nitrogens is 1. The van der Waals surface area contributed by atoms with Crippen LogP contribution in [0.4, 0.5) is 4.39 Å². The lowest BCUT2D eigenvalue weighted by Crippen LogP contribution is -2.11. The van der Waals surface area contributed by atoms with Crippen LogP contribution in [0.25, 0.3) is 22.6 Å². The number of nitrogens with two attached hydrogens (primary N) is 1. The second-order valence-electron chi connectivity index (χ2n) is 6.77. The van der Waals surface area contributed by atoms with Gasteiger partial charge in [0, 0.05) is 17.5 Å². The maximum absolute atomic E-state index is 13.4. The third kappa shape index (κ3) is 5.19. The summed E-state index contributed by atoms with van der Waals surface area (Å²) >= 11 is 1.54. The molecule has 3 N–H and O–H groups in total. The van der Waals surface area contributed by atoms with E-state index in [1.165, 1.54) is 24.3 Å². The standard InChI is InChI=1S/C22H19FN4O2S2/c23-17-8-6-16(7-9-17)20-21(19-3-1-2-13-25-19)27-22(26-20)30-14-12-15-4-10-18(11-5-15)31(24,28)29/h1-11,13H,12,14H2,(H,26,27)(H2,24,28,29). The summed E-state index contributed by atoms with van der Waals surface area (Å²) in [6.45, 7) is 0. The van der Waals surface area contributed by atoms with Crippen molar-refractivity contribution in [3.05, 3.63) is 84.3 Å². The molecule has 0 unspecified atom stereocenters. The Morgan fingerprint density at radius 2 is 1.74 bits per heavy atom. The van der Waals surface area contributed by atoms with Crippen molar-refractivity contribution in [1.29, 1.82) is 0 Å². The summed E-state index contributed by atoms with van der Waals surface area (Å²) in [6, 6.07) is 18.4. The van der Waals surface area contributed by atoms with E-state index in [1.54, 1.807) is 42.2 Å². The fraction of sp³-hybridized carbons (Fsp3) is 0.0909. The molecule has 4 rings (SSSR count). The molecule has 2 aromatic carbocycles. The highest BCUT2D eigenvalue weighted by molar-refractivity contribution is 7.99. The molecule has 0 aliphatic rings. The van der Waals surface area contributed by atoms with E-state index in [1.807, 2.05) is 18.2 Å². The molecular weight excluding hydrogens is 435 g/mol. The van der Waals surface area contributed by atoms with Gasteiger partial charge in [-0.3, -0.25) is 4.98 Å². The third-order valence-electron chi connectivity index (χ3n) is 4.60. The Hall–Kier alpha value is -3.01. The van der Waals surface area contributed by atoms with Gasteiger partial charge in [-0.2, -0.15) is 0 Å². The van der Waals surface area contributed by atoms with E-state index in [9.17, 15) is 12.8 Å².